The third-order valence-corrected chi connectivity index (χ3v) is 2.43. The first-order valence-electron chi connectivity index (χ1n) is 4.66. The Morgan fingerprint density at radius 3 is 2.85 bits per heavy atom. The fourth-order valence-electron chi connectivity index (χ4n) is 1.43. The summed E-state index contributed by atoms with van der Waals surface area (Å²) in [6.45, 7) is 0.935. The Morgan fingerprint density at radius 2 is 2.31 bits per heavy atom. The van der Waals surface area contributed by atoms with Gasteiger partial charge in [0, 0.05) is 12.6 Å². The molecule has 0 atom stereocenters. The largest absolute Gasteiger partial charge is 0.397 e. The molecular formula is C10H15N3. The smallest absolute Gasteiger partial charge is 0.0545 e. The molecule has 2 rings (SSSR count). The van der Waals surface area contributed by atoms with Crippen LogP contribution in [0.25, 0.3) is 0 Å². The highest BCUT2D eigenvalue weighted by molar-refractivity contribution is 5.34. The molecule has 0 aromatic carbocycles. The van der Waals surface area contributed by atoms with E-state index in [2.05, 4.69) is 16.9 Å². The molecule has 13 heavy (non-hydrogen) atoms. The molecule has 0 spiro atoms. The summed E-state index contributed by atoms with van der Waals surface area (Å²) < 4.78 is 0. The zero-order chi connectivity index (χ0) is 9.26. The van der Waals surface area contributed by atoms with E-state index in [-0.39, 0.29) is 0 Å². The second-order valence-electron chi connectivity index (χ2n) is 3.73. The van der Waals surface area contributed by atoms with Crippen molar-refractivity contribution in [2.75, 3.05) is 12.8 Å². The van der Waals surface area contributed by atoms with Gasteiger partial charge in [-0.25, -0.2) is 0 Å². The van der Waals surface area contributed by atoms with Gasteiger partial charge in [0.15, 0.2) is 0 Å². The molecule has 0 saturated heterocycles. The minimum Gasteiger partial charge on any atom is -0.397 e. The standard InChI is InChI=1S/C10H15N3/c1-13(10-4-5-10)7-9-3-2-8(11)6-12-9/h2-3,6,10H,4-5,7,11H2,1H3. The maximum atomic E-state index is 5.55. The molecule has 1 aliphatic rings. The van der Waals surface area contributed by atoms with Crippen LogP contribution in [0.5, 0.6) is 0 Å². The van der Waals surface area contributed by atoms with Crippen LogP contribution in [-0.4, -0.2) is 23.0 Å². The number of nitrogen functional groups attached to an aromatic ring is 1. The summed E-state index contributed by atoms with van der Waals surface area (Å²) in [5, 5.41) is 0. The van der Waals surface area contributed by atoms with Crippen molar-refractivity contribution in [3.05, 3.63) is 24.0 Å². The Morgan fingerprint density at radius 1 is 1.54 bits per heavy atom. The lowest BCUT2D eigenvalue weighted by Crippen LogP contribution is -2.20. The van der Waals surface area contributed by atoms with E-state index in [1.54, 1.807) is 6.20 Å². The Hall–Kier alpha value is -1.09. The van der Waals surface area contributed by atoms with E-state index in [4.69, 9.17) is 5.73 Å². The number of hydrogen-bond acceptors (Lipinski definition) is 3. The molecule has 70 valence electrons. The van der Waals surface area contributed by atoms with E-state index in [0.29, 0.717) is 0 Å². The second kappa shape index (κ2) is 3.34. The topological polar surface area (TPSA) is 42.1 Å². The summed E-state index contributed by atoms with van der Waals surface area (Å²) in [4.78, 5) is 6.61. The van der Waals surface area contributed by atoms with Crippen LogP contribution in [0.1, 0.15) is 18.5 Å². The Balaban J connectivity index is 1.96. The summed E-state index contributed by atoms with van der Waals surface area (Å²) in [6, 6.07) is 4.69. The lowest BCUT2D eigenvalue weighted by atomic mass is 10.3. The molecule has 0 bridgehead atoms. The van der Waals surface area contributed by atoms with Gasteiger partial charge in [-0.2, -0.15) is 0 Å². The van der Waals surface area contributed by atoms with Gasteiger partial charge in [0.05, 0.1) is 17.6 Å². The van der Waals surface area contributed by atoms with Crippen molar-refractivity contribution >= 4 is 5.69 Å². The quantitative estimate of drug-likeness (QED) is 0.755. The first-order valence-corrected chi connectivity index (χ1v) is 4.66. The minimum absolute atomic E-state index is 0.734. The number of rotatable bonds is 3. The average Bonchev–Trinajstić information content (AvgIpc) is 2.91. The lowest BCUT2D eigenvalue weighted by Gasteiger charge is -2.14. The van der Waals surface area contributed by atoms with E-state index in [9.17, 15) is 0 Å². The predicted molar refractivity (Wildman–Crippen MR) is 53.1 cm³/mol. The van der Waals surface area contributed by atoms with E-state index in [0.717, 1.165) is 24.0 Å². The van der Waals surface area contributed by atoms with Crippen molar-refractivity contribution < 1.29 is 0 Å². The number of pyridine rings is 1. The van der Waals surface area contributed by atoms with E-state index in [1.165, 1.54) is 12.8 Å². The number of nitrogens with two attached hydrogens (primary N) is 1. The van der Waals surface area contributed by atoms with Gasteiger partial charge in [-0.05, 0) is 32.0 Å². The molecule has 1 fully saturated rings. The number of hydrogen-bond donors (Lipinski definition) is 1. The zero-order valence-corrected chi connectivity index (χ0v) is 7.90. The number of nitrogens with zero attached hydrogens (tertiary/aromatic N) is 2. The third kappa shape index (κ3) is 2.18. The summed E-state index contributed by atoms with van der Waals surface area (Å²) >= 11 is 0. The first kappa shape index (κ1) is 8.51. The molecule has 0 unspecified atom stereocenters. The Labute approximate surface area is 78.6 Å². The van der Waals surface area contributed by atoms with Crippen molar-refractivity contribution in [2.24, 2.45) is 0 Å². The Kier molecular flexibility index (Phi) is 2.19. The van der Waals surface area contributed by atoms with Crippen LogP contribution in [-0.2, 0) is 6.54 Å². The average molecular weight is 177 g/mol. The molecule has 2 N–H and O–H groups in total. The SMILES string of the molecule is CN(Cc1ccc(N)cn1)C1CC1. The van der Waals surface area contributed by atoms with Gasteiger partial charge in [0.1, 0.15) is 0 Å². The van der Waals surface area contributed by atoms with Crippen molar-refractivity contribution in [1.82, 2.24) is 9.88 Å². The fraction of sp³-hybridized carbons (Fsp3) is 0.500. The van der Waals surface area contributed by atoms with Gasteiger partial charge in [-0.3, -0.25) is 9.88 Å². The molecule has 1 heterocycles. The molecule has 3 nitrogen and oxygen atoms in total. The molecule has 1 saturated carbocycles. The van der Waals surface area contributed by atoms with E-state index < -0.39 is 0 Å². The predicted octanol–water partition coefficient (Wildman–Crippen LogP) is 1.26. The summed E-state index contributed by atoms with van der Waals surface area (Å²) in [5.74, 6) is 0. The van der Waals surface area contributed by atoms with E-state index in [1.807, 2.05) is 12.1 Å². The molecular weight excluding hydrogens is 162 g/mol. The highest BCUT2D eigenvalue weighted by atomic mass is 15.2. The van der Waals surface area contributed by atoms with Crippen LogP contribution in [0.4, 0.5) is 5.69 Å². The summed E-state index contributed by atoms with van der Waals surface area (Å²) in [7, 11) is 2.15. The van der Waals surface area contributed by atoms with Crippen LogP contribution < -0.4 is 5.73 Å². The van der Waals surface area contributed by atoms with Crippen LogP contribution in [0.3, 0.4) is 0 Å². The van der Waals surface area contributed by atoms with Gasteiger partial charge in [-0.15, -0.1) is 0 Å². The van der Waals surface area contributed by atoms with Gasteiger partial charge in [-0.1, -0.05) is 0 Å². The van der Waals surface area contributed by atoms with Crippen molar-refractivity contribution in [2.45, 2.75) is 25.4 Å². The maximum Gasteiger partial charge on any atom is 0.0545 e. The molecule has 0 radical (unpaired) electrons. The first-order chi connectivity index (χ1) is 6.25. The normalized spacial score (nSPS) is 16.5. The van der Waals surface area contributed by atoms with Gasteiger partial charge < -0.3 is 5.73 Å². The Bertz CT molecular complexity index is 277. The van der Waals surface area contributed by atoms with Crippen LogP contribution >= 0.6 is 0 Å². The molecule has 0 amide bonds. The monoisotopic (exact) mass is 177 g/mol. The van der Waals surface area contributed by atoms with Crippen LogP contribution in [0.2, 0.25) is 0 Å². The minimum atomic E-state index is 0.734. The highest BCUT2D eigenvalue weighted by Crippen LogP contribution is 2.26. The second-order valence-corrected chi connectivity index (χ2v) is 3.73. The zero-order valence-electron chi connectivity index (χ0n) is 7.90. The summed E-state index contributed by atoms with van der Waals surface area (Å²) in [6.07, 6.45) is 4.40. The molecule has 0 aliphatic heterocycles. The number of anilines is 1. The van der Waals surface area contributed by atoms with Crippen molar-refractivity contribution in [3.8, 4) is 0 Å². The van der Waals surface area contributed by atoms with Gasteiger partial charge in [0.25, 0.3) is 0 Å². The lowest BCUT2D eigenvalue weighted by molar-refractivity contribution is 0.312. The highest BCUT2D eigenvalue weighted by Gasteiger charge is 2.25. The molecule has 1 aromatic rings. The van der Waals surface area contributed by atoms with Crippen LogP contribution in [0, 0.1) is 0 Å². The number of aromatic nitrogens is 1. The molecule has 1 aromatic heterocycles. The van der Waals surface area contributed by atoms with Crippen molar-refractivity contribution in [1.29, 1.82) is 0 Å². The fourth-order valence-corrected chi connectivity index (χ4v) is 1.43. The van der Waals surface area contributed by atoms with Gasteiger partial charge in [0.2, 0.25) is 0 Å². The van der Waals surface area contributed by atoms with Gasteiger partial charge >= 0.3 is 0 Å². The van der Waals surface area contributed by atoms with Crippen LogP contribution in [0.15, 0.2) is 18.3 Å². The molecule has 1 aliphatic carbocycles. The summed E-state index contributed by atoms with van der Waals surface area (Å²) in [5.41, 5.74) is 7.39. The maximum absolute atomic E-state index is 5.55. The van der Waals surface area contributed by atoms with E-state index >= 15 is 0 Å². The third-order valence-electron chi connectivity index (χ3n) is 2.43. The molecule has 3 heteroatoms. The van der Waals surface area contributed by atoms with Crippen molar-refractivity contribution in [3.63, 3.8) is 0 Å².